The Morgan fingerprint density at radius 1 is 1.29 bits per heavy atom. The van der Waals surface area contributed by atoms with Crippen molar-refractivity contribution in [1.82, 2.24) is 5.32 Å². The first kappa shape index (κ1) is 16.7. The van der Waals surface area contributed by atoms with Crippen LogP contribution in [0.3, 0.4) is 0 Å². The van der Waals surface area contributed by atoms with Gasteiger partial charge in [0.05, 0.1) is 5.02 Å². The zero-order valence-electron chi connectivity index (χ0n) is 13.1. The van der Waals surface area contributed by atoms with Crippen molar-refractivity contribution in [3.63, 3.8) is 0 Å². The highest BCUT2D eigenvalue weighted by Crippen LogP contribution is 2.35. The molecule has 4 heteroatoms. The number of benzene rings is 1. The van der Waals surface area contributed by atoms with Crippen LogP contribution in [0.5, 0.6) is 0 Å². The summed E-state index contributed by atoms with van der Waals surface area (Å²) in [6.45, 7) is 8.99. The van der Waals surface area contributed by atoms with E-state index in [-0.39, 0.29) is 21.8 Å². The molecule has 0 atom stereocenters. The van der Waals surface area contributed by atoms with Crippen LogP contribution < -0.4 is 5.32 Å². The summed E-state index contributed by atoms with van der Waals surface area (Å²) in [5, 5.41) is 3.79. The van der Waals surface area contributed by atoms with Gasteiger partial charge in [-0.05, 0) is 63.1 Å². The lowest BCUT2D eigenvalue weighted by Crippen LogP contribution is -2.47. The summed E-state index contributed by atoms with van der Waals surface area (Å²) in [4.78, 5) is 0. The second-order valence-corrected chi connectivity index (χ2v) is 7.55. The predicted octanol–water partition coefficient (Wildman–Crippen LogP) is 4.21. The fourth-order valence-corrected chi connectivity index (χ4v) is 2.87. The van der Waals surface area contributed by atoms with Crippen molar-refractivity contribution in [1.29, 1.82) is 0 Å². The van der Waals surface area contributed by atoms with Gasteiger partial charge in [0.1, 0.15) is 5.82 Å². The van der Waals surface area contributed by atoms with Gasteiger partial charge in [0.15, 0.2) is 0 Å². The van der Waals surface area contributed by atoms with E-state index in [9.17, 15) is 4.39 Å². The molecule has 2 rings (SSSR count). The number of rotatable bonds is 4. The zero-order chi connectivity index (χ0) is 15.5. The van der Waals surface area contributed by atoms with E-state index in [2.05, 4.69) is 26.1 Å². The third kappa shape index (κ3) is 4.94. The van der Waals surface area contributed by atoms with E-state index >= 15 is 0 Å². The highest BCUT2D eigenvalue weighted by Gasteiger charge is 2.33. The van der Waals surface area contributed by atoms with Gasteiger partial charge in [0, 0.05) is 25.3 Å². The van der Waals surface area contributed by atoms with E-state index in [1.165, 1.54) is 0 Å². The Labute approximate surface area is 132 Å². The third-order valence-electron chi connectivity index (χ3n) is 4.11. The van der Waals surface area contributed by atoms with Crippen molar-refractivity contribution < 1.29 is 9.13 Å². The van der Waals surface area contributed by atoms with E-state index in [4.69, 9.17) is 16.3 Å². The van der Waals surface area contributed by atoms with Crippen LogP contribution in [0.25, 0.3) is 0 Å². The molecule has 2 nitrogen and oxygen atoms in total. The van der Waals surface area contributed by atoms with Crippen molar-refractivity contribution in [3.8, 4) is 0 Å². The van der Waals surface area contributed by atoms with Gasteiger partial charge in [-0.15, -0.1) is 0 Å². The predicted molar refractivity (Wildman–Crippen MR) is 85.4 cm³/mol. The van der Waals surface area contributed by atoms with E-state index in [0.29, 0.717) is 0 Å². The van der Waals surface area contributed by atoms with Crippen LogP contribution in [0.4, 0.5) is 4.39 Å². The fraction of sp³-hybridized carbons (Fsp3) is 0.647. The summed E-state index contributed by atoms with van der Waals surface area (Å²) in [6.07, 6.45) is 2.86. The quantitative estimate of drug-likeness (QED) is 0.899. The molecule has 1 aromatic carbocycles. The van der Waals surface area contributed by atoms with Gasteiger partial charge in [-0.3, -0.25) is 0 Å². The molecule has 118 valence electrons. The summed E-state index contributed by atoms with van der Waals surface area (Å²) < 4.78 is 19.2. The standard InChI is InChI=1S/C17H25ClFNO/c1-16(2,3)20-12-17(6-8-21-9-7-17)11-13-4-5-14(18)15(19)10-13/h4-5,10,20H,6-9,11-12H2,1-3H3. The molecular weight excluding hydrogens is 289 g/mol. The first-order valence-electron chi connectivity index (χ1n) is 7.56. The van der Waals surface area contributed by atoms with Gasteiger partial charge in [-0.2, -0.15) is 0 Å². The van der Waals surface area contributed by atoms with Crippen molar-refractivity contribution in [2.45, 2.75) is 45.6 Å². The summed E-state index contributed by atoms with van der Waals surface area (Å²) in [6, 6.07) is 5.15. The van der Waals surface area contributed by atoms with Crippen molar-refractivity contribution in [3.05, 3.63) is 34.6 Å². The maximum atomic E-state index is 13.7. The first-order chi connectivity index (χ1) is 9.80. The van der Waals surface area contributed by atoms with Crippen LogP contribution in [-0.2, 0) is 11.2 Å². The van der Waals surface area contributed by atoms with E-state index in [0.717, 1.165) is 44.6 Å². The third-order valence-corrected chi connectivity index (χ3v) is 4.42. The second-order valence-electron chi connectivity index (χ2n) is 7.14. The molecule has 21 heavy (non-hydrogen) atoms. The largest absolute Gasteiger partial charge is 0.381 e. The Bertz CT molecular complexity index is 478. The van der Waals surface area contributed by atoms with Gasteiger partial charge in [0.25, 0.3) is 0 Å². The van der Waals surface area contributed by atoms with Crippen LogP contribution in [-0.4, -0.2) is 25.3 Å². The second kappa shape index (κ2) is 6.64. The smallest absolute Gasteiger partial charge is 0.142 e. The number of halogens is 2. The van der Waals surface area contributed by atoms with E-state index < -0.39 is 0 Å². The van der Waals surface area contributed by atoms with Crippen LogP contribution in [0.15, 0.2) is 18.2 Å². The fourth-order valence-electron chi connectivity index (χ4n) is 2.76. The number of hydrogen-bond donors (Lipinski definition) is 1. The highest BCUT2D eigenvalue weighted by atomic mass is 35.5. The Kier molecular flexibility index (Phi) is 5.29. The molecule has 1 heterocycles. The lowest BCUT2D eigenvalue weighted by Gasteiger charge is -2.40. The van der Waals surface area contributed by atoms with Gasteiger partial charge in [0.2, 0.25) is 0 Å². The lowest BCUT2D eigenvalue weighted by atomic mass is 9.74. The molecule has 1 N–H and O–H groups in total. The highest BCUT2D eigenvalue weighted by molar-refractivity contribution is 6.30. The van der Waals surface area contributed by atoms with Crippen LogP contribution in [0, 0.1) is 11.2 Å². The molecule has 0 aromatic heterocycles. The number of hydrogen-bond acceptors (Lipinski definition) is 2. The summed E-state index contributed by atoms with van der Waals surface area (Å²) in [7, 11) is 0. The maximum Gasteiger partial charge on any atom is 0.142 e. The summed E-state index contributed by atoms with van der Waals surface area (Å²) in [5.41, 5.74) is 1.22. The van der Waals surface area contributed by atoms with Crippen molar-refractivity contribution in [2.75, 3.05) is 19.8 Å². The minimum Gasteiger partial charge on any atom is -0.381 e. The molecule has 1 saturated heterocycles. The monoisotopic (exact) mass is 313 g/mol. The average Bonchev–Trinajstić information content (AvgIpc) is 2.41. The maximum absolute atomic E-state index is 13.7. The van der Waals surface area contributed by atoms with Crippen LogP contribution >= 0.6 is 11.6 Å². The zero-order valence-corrected chi connectivity index (χ0v) is 13.9. The van der Waals surface area contributed by atoms with Crippen LogP contribution in [0.1, 0.15) is 39.2 Å². The van der Waals surface area contributed by atoms with Crippen LogP contribution in [0.2, 0.25) is 5.02 Å². The number of nitrogens with one attached hydrogen (secondary N) is 1. The molecular formula is C17H25ClFNO. The van der Waals surface area contributed by atoms with Crippen molar-refractivity contribution in [2.24, 2.45) is 5.41 Å². The molecule has 0 unspecified atom stereocenters. The first-order valence-corrected chi connectivity index (χ1v) is 7.94. The molecule has 0 spiro atoms. The van der Waals surface area contributed by atoms with E-state index in [1.807, 2.05) is 6.07 Å². The Hall–Kier alpha value is -0.640. The average molecular weight is 314 g/mol. The van der Waals surface area contributed by atoms with Gasteiger partial charge < -0.3 is 10.1 Å². The number of ether oxygens (including phenoxy) is 1. The molecule has 1 fully saturated rings. The minimum atomic E-state index is -0.333. The Morgan fingerprint density at radius 3 is 2.52 bits per heavy atom. The normalized spacial score (nSPS) is 18.7. The molecule has 0 amide bonds. The lowest BCUT2D eigenvalue weighted by molar-refractivity contribution is 0.0121. The molecule has 0 bridgehead atoms. The van der Waals surface area contributed by atoms with Gasteiger partial charge in [-0.25, -0.2) is 4.39 Å². The minimum absolute atomic E-state index is 0.0799. The SMILES string of the molecule is CC(C)(C)NCC1(Cc2ccc(Cl)c(F)c2)CCOCC1. The molecule has 0 saturated carbocycles. The van der Waals surface area contributed by atoms with Gasteiger partial charge >= 0.3 is 0 Å². The Morgan fingerprint density at radius 2 is 1.95 bits per heavy atom. The van der Waals surface area contributed by atoms with Crippen molar-refractivity contribution >= 4 is 11.6 Å². The molecule has 1 aromatic rings. The summed E-state index contributed by atoms with van der Waals surface area (Å²) >= 11 is 5.77. The topological polar surface area (TPSA) is 21.3 Å². The molecule has 0 radical (unpaired) electrons. The molecule has 1 aliphatic heterocycles. The molecule has 0 aliphatic carbocycles. The molecule has 1 aliphatic rings. The Balaban J connectivity index is 2.13. The van der Waals surface area contributed by atoms with Gasteiger partial charge in [-0.1, -0.05) is 17.7 Å². The summed E-state index contributed by atoms with van der Waals surface area (Å²) in [5.74, 6) is -0.333. The van der Waals surface area contributed by atoms with E-state index in [1.54, 1.807) is 12.1 Å².